The number of rotatable bonds is 9. The number of nitrogens with one attached hydrogen (secondary N) is 1. The van der Waals surface area contributed by atoms with Gasteiger partial charge in [0.1, 0.15) is 23.9 Å². The van der Waals surface area contributed by atoms with Crippen molar-refractivity contribution >= 4 is 41.0 Å². The minimum absolute atomic E-state index is 0.136. The first-order valence-corrected chi connectivity index (χ1v) is 14.7. The summed E-state index contributed by atoms with van der Waals surface area (Å²) in [5, 5.41) is 8.07. The van der Waals surface area contributed by atoms with Gasteiger partial charge in [-0.1, -0.05) is 61.0 Å². The van der Waals surface area contributed by atoms with Gasteiger partial charge in [0, 0.05) is 23.2 Å². The maximum atomic E-state index is 13.9. The van der Waals surface area contributed by atoms with E-state index >= 15 is 0 Å². The van der Waals surface area contributed by atoms with Gasteiger partial charge in [0.05, 0.1) is 41.6 Å². The van der Waals surface area contributed by atoms with Crippen molar-refractivity contribution in [2.24, 2.45) is 0 Å². The molecular weight excluding hydrogens is 560 g/mol. The summed E-state index contributed by atoms with van der Waals surface area (Å²) < 4.78 is 13.1. The first-order chi connectivity index (χ1) is 20.0. The van der Waals surface area contributed by atoms with E-state index in [1.54, 1.807) is 25.0 Å². The third kappa shape index (κ3) is 5.78. The summed E-state index contributed by atoms with van der Waals surface area (Å²) in [7, 11) is 3.23. The van der Waals surface area contributed by atoms with Crippen LogP contribution in [-0.4, -0.2) is 54.7 Å². The molecule has 8 nitrogen and oxygen atoms in total. The van der Waals surface area contributed by atoms with Gasteiger partial charge in [0.2, 0.25) is 11.8 Å². The second-order valence-electron chi connectivity index (χ2n) is 9.44. The Morgan fingerprint density at radius 2 is 1.83 bits per heavy atom. The Morgan fingerprint density at radius 3 is 2.54 bits per heavy atom. The predicted molar refractivity (Wildman–Crippen MR) is 164 cm³/mol. The molecule has 0 aliphatic carbocycles. The zero-order valence-electron chi connectivity index (χ0n) is 23.1. The number of halogens is 1. The molecule has 1 N–H and O–H groups in total. The van der Waals surface area contributed by atoms with Crippen molar-refractivity contribution in [3.8, 4) is 28.4 Å². The van der Waals surface area contributed by atoms with Gasteiger partial charge in [-0.25, -0.2) is 4.68 Å². The zero-order chi connectivity index (χ0) is 28.9. The average Bonchev–Trinajstić information content (AvgIpc) is 3.32. The van der Waals surface area contributed by atoms with Crippen molar-refractivity contribution in [2.75, 3.05) is 38.0 Å². The number of anilines is 1. The highest BCUT2D eigenvalue weighted by Gasteiger charge is 2.39. The molecule has 0 radical (unpaired) electrons. The van der Waals surface area contributed by atoms with Crippen LogP contribution in [0, 0.1) is 0 Å². The third-order valence-corrected chi connectivity index (χ3v) is 8.37. The number of carbonyl (C=O) groups is 2. The second-order valence-corrected chi connectivity index (χ2v) is 10.9. The highest BCUT2D eigenvalue weighted by Crippen LogP contribution is 2.51. The first kappa shape index (κ1) is 28.6. The minimum atomic E-state index is -0.380. The monoisotopic (exact) mass is 590 g/mol. The van der Waals surface area contributed by atoms with Crippen LogP contribution in [0.3, 0.4) is 0 Å². The van der Waals surface area contributed by atoms with E-state index in [1.807, 2.05) is 73.7 Å². The predicted octanol–water partition coefficient (Wildman–Crippen LogP) is 5.91. The largest absolute Gasteiger partial charge is 0.497 e. The highest BCUT2D eigenvalue weighted by atomic mass is 35.5. The molecule has 1 unspecified atom stereocenters. The molecule has 10 heteroatoms. The number of aromatic nitrogens is 2. The second kappa shape index (κ2) is 12.7. The van der Waals surface area contributed by atoms with Gasteiger partial charge < -0.3 is 14.8 Å². The summed E-state index contributed by atoms with van der Waals surface area (Å²) in [6.07, 6.45) is 0.786. The number of methoxy groups -OCH3 is 2. The molecule has 5 rings (SSSR count). The number of ether oxygens (including phenoxy) is 2. The summed E-state index contributed by atoms with van der Waals surface area (Å²) in [5.74, 6) is 1.49. The Balaban J connectivity index is 1.84. The van der Waals surface area contributed by atoms with Gasteiger partial charge in [0.15, 0.2) is 0 Å². The number of para-hydroxylation sites is 1. The van der Waals surface area contributed by atoms with E-state index in [0.29, 0.717) is 40.3 Å². The Kier molecular flexibility index (Phi) is 8.85. The molecule has 1 aliphatic rings. The van der Waals surface area contributed by atoms with Crippen LogP contribution >= 0.6 is 23.4 Å². The van der Waals surface area contributed by atoms with Crippen LogP contribution in [0.1, 0.15) is 29.7 Å². The lowest BCUT2D eigenvalue weighted by atomic mass is 9.98. The molecule has 0 spiro atoms. The smallest absolute Gasteiger partial charge is 0.240 e. The Morgan fingerprint density at radius 1 is 1.07 bits per heavy atom. The van der Waals surface area contributed by atoms with Crippen molar-refractivity contribution in [3.63, 3.8) is 0 Å². The van der Waals surface area contributed by atoms with Gasteiger partial charge in [-0.3, -0.25) is 14.5 Å². The molecule has 0 saturated carbocycles. The summed E-state index contributed by atoms with van der Waals surface area (Å²) in [6.45, 7) is 2.35. The van der Waals surface area contributed by atoms with Gasteiger partial charge in [-0.2, -0.15) is 5.10 Å². The summed E-state index contributed by atoms with van der Waals surface area (Å²) >= 11 is 8.17. The van der Waals surface area contributed by atoms with Crippen LogP contribution in [0.5, 0.6) is 11.5 Å². The molecule has 0 saturated heterocycles. The van der Waals surface area contributed by atoms with Crippen LogP contribution in [0.2, 0.25) is 5.02 Å². The first-order valence-electron chi connectivity index (χ1n) is 13.3. The lowest BCUT2D eigenvalue weighted by molar-refractivity contribution is -0.122. The third-order valence-electron chi connectivity index (χ3n) is 6.81. The Bertz CT molecular complexity index is 1560. The molecule has 4 aromatic rings. The summed E-state index contributed by atoms with van der Waals surface area (Å²) in [5.41, 5.74) is 3.76. The van der Waals surface area contributed by atoms with Crippen LogP contribution in [0.15, 0.2) is 72.8 Å². The van der Waals surface area contributed by atoms with E-state index in [9.17, 15) is 9.59 Å². The molecule has 2 amide bonds. The van der Waals surface area contributed by atoms with Crippen molar-refractivity contribution in [2.45, 2.75) is 18.6 Å². The SMILES string of the molecule is CCCNC(=O)CN1C(=O)CSC(c2cc(OC)ccc2OC)c2c(-c3ccccc3)nn(-c3ccccc3Cl)c21. The van der Waals surface area contributed by atoms with E-state index < -0.39 is 0 Å². The van der Waals surface area contributed by atoms with Crippen LogP contribution < -0.4 is 19.7 Å². The summed E-state index contributed by atoms with van der Waals surface area (Å²) in [4.78, 5) is 28.4. The molecule has 1 aromatic heterocycles. The number of hydrogen-bond acceptors (Lipinski definition) is 6. The maximum Gasteiger partial charge on any atom is 0.240 e. The molecule has 0 bridgehead atoms. The lowest BCUT2D eigenvalue weighted by Crippen LogP contribution is -2.42. The molecule has 2 heterocycles. The molecule has 212 valence electrons. The topological polar surface area (TPSA) is 85.7 Å². The van der Waals surface area contributed by atoms with E-state index in [2.05, 4.69) is 5.32 Å². The molecule has 3 aromatic carbocycles. The standard InChI is InChI=1S/C31H31ClN4O4S/c1-4-16-33-26(37)18-35-27(38)19-41-30(22-17-21(39-2)14-15-25(22)40-3)28-29(20-10-6-5-7-11-20)34-36(31(28)35)24-13-9-8-12-23(24)32/h5-15,17,30H,4,16,18-19H2,1-3H3,(H,33,37). The van der Waals surface area contributed by atoms with E-state index in [-0.39, 0.29) is 29.4 Å². The van der Waals surface area contributed by atoms with Gasteiger partial charge in [-0.15, -0.1) is 11.8 Å². The molecule has 41 heavy (non-hydrogen) atoms. The van der Waals surface area contributed by atoms with E-state index in [4.69, 9.17) is 26.2 Å². The number of carbonyl (C=O) groups excluding carboxylic acids is 2. The van der Waals surface area contributed by atoms with E-state index in [0.717, 1.165) is 23.1 Å². The van der Waals surface area contributed by atoms with Crippen LogP contribution in [-0.2, 0) is 9.59 Å². The Hall–Kier alpha value is -3.95. The maximum absolute atomic E-state index is 13.9. The lowest BCUT2D eigenvalue weighted by Gasteiger charge is -2.24. The molecular formula is C31H31ClN4O4S. The molecule has 0 fully saturated rings. The van der Waals surface area contributed by atoms with Gasteiger partial charge in [-0.05, 0) is 36.8 Å². The normalized spacial score (nSPS) is 14.8. The average molecular weight is 591 g/mol. The number of amides is 2. The fourth-order valence-corrected chi connectivity index (χ4v) is 6.30. The number of fused-ring (bicyclic) bond motifs is 1. The van der Waals surface area contributed by atoms with Crippen molar-refractivity contribution in [1.82, 2.24) is 15.1 Å². The highest BCUT2D eigenvalue weighted by molar-refractivity contribution is 8.00. The zero-order valence-corrected chi connectivity index (χ0v) is 24.7. The number of nitrogens with zero attached hydrogens (tertiary/aromatic N) is 3. The van der Waals surface area contributed by atoms with Crippen molar-refractivity contribution in [3.05, 3.63) is 88.9 Å². The number of benzene rings is 3. The van der Waals surface area contributed by atoms with E-state index in [1.165, 1.54) is 16.7 Å². The molecule has 1 aliphatic heterocycles. The van der Waals surface area contributed by atoms with Crippen LogP contribution in [0.25, 0.3) is 16.9 Å². The van der Waals surface area contributed by atoms with Crippen molar-refractivity contribution in [1.29, 1.82) is 0 Å². The summed E-state index contributed by atoms with van der Waals surface area (Å²) in [6, 6.07) is 22.8. The Labute approximate surface area is 248 Å². The fourth-order valence-electron chi connectivity index (χ4n) is 4.87. The molecule has 1 atom stereocenters. The van der Waals surface area contributed by atoms with Crippen molar-refractivity contribution < 1.29 is 19.1 Å². The number of hydrogen-bond donors (Lipinski definition) is 1. The van der Waals surface area contributed by atoms with Gasteiger partial charge >= 0.3 is 0 Å². The minimum Gasteiger partial charge on any atom is -0.497 e. The van der Waals surface area contributed by atoms with Crippen LogP contribution in [0.4, 0.5) is 5.82 Å². The van der Waals surface area contributed by atoms with Gasteiger partial charge in [0.25, 0.3) is 0 Å². The fraction of sp³-hybridized carbons (Fsp3) is 0.258. The number of thioether (sulfide) groups is 1. The quantitative estimate of drug-likeness (QED) is 0.261.